The van der Waals surface area contributed by atoms with Gasteiger partial charge in [-0.1, -0.05) is 30.3 Å². The van der Waals surface area contributed by atoms with E-state index in [-0.39, 0.29) is 5.69 Å². The number of ether oxygens (including phenoxy) is 3. The van der Waals surface area contributed by atoms with Gasteiger partial charge in [-0.25, -0.2) is 4.79 Å². The molecule has 9 nitrogen and oxygen atoms in total. The second-order valence-electron chi connectivity index (χ2n) is 6.67. The lowest BCUT2D eigenvalue weighted by atomic mass is 10.2. The van der Waals surface area contributed by atoms with E-state index in [2.05, 4.69) is 5.32 Å². The second-order valence-corrected chi connectivity index (χ2v) is 6.67. The van der Waals surface area contributed by atoms with Crippen molar-refractivity contribution in [2.45, 2.75) is 6.61 Å². The normalized spacial score (nSPS) is 10.2. The van der Waals surface area contributed by atoms with Gasteiger partial charge < -0.3 is 19.5 Å². The molecule has 0 unspecified atom stereocenters. The molecule has 1 N–H and O–H groups in total. The zero-order chi connectivity index (χ0) is 23.6. The van der Waals surface area contributed by atoms with E-state index in [1.165, 1.54) is 0 Å². The molecule has 0 aliphatic carbocycles. The highest BCUT2D eigenvalue weighted by Crippen LogP contribution is 2.21. The molecule has 10 heteroatoms. The van der Waals surface area contributed by atoms with E-state index in [9.17, 15) is 24.1 Å². The van der Waals surface area contributed by atoms with Crippen LogP contribution >= 0.6 is 0 Å². The van der Waals surface area contributed by atoms with Crippen LogP contribution in [0.1, 0.15) is 5.56 Å². The fraction of sp³-hybridized carbons (Fsp3) is 0.130. The van der Waals surface area contributed by atoms with Crippen molar-refractivity contribution in [3.8, 4) is 11.5 Å². The van der Waals surface area contributed by atoms with Gasteiger partial charge in [0.15, 0.2) is 13.2 Å². The molecule has 3 aromatic carbocycles. The van der Waals surface area contributed by atoms with Crippen molar-refractivity contribution in [3.05, 3.63) is 94.3 Å². The Hall–Kier alpha value is -4.47. The van der Waals surface area contributed by atoms with Crippen molar-refractivity contribution in [2.75, 3.05) is 18.5 Å². The Balaban J connectivity index is 1.39. The van der Waals surface area contributed by atoms with Crippen molar-refractivity contribution in [3.63, 3.8) is 0 Å². The van der Waals surface area contributed by atoms with Gasteiger partial charge in [-0.05, 0) is 42.0 Å². The number of hydrogen-bond acceptors (Lipinski definition) is 7. The summed E-state index contributed by atoms with van der Waals surface area (Å²) in [6, 6.07) is 19.2. The van der Waals surface area contributed by atoms with Crippen LogP contribution in [0.25, 0.3) is 0 Å². The molecule has 0 aliphatic rings. The molecule has 33 heavy (non-hydrogen) atoms. The Bertz CT molecular complexity index is 1120. The summed E-state index contributed by atoms with van der Waals surface area (Å²) in [6.07, 6.45) is 0. The Labute approximate surface area is 187 Å². The molecule has 3 aromatic rings. The fourth-order valence-corrected chi connectivity index (χ4v) is 2.63. The maximum absolute atomic E-state index is 13.3. The lowest BCUT2D eigenvalue weighted by Crippen LogP contribution is -2.23. The zero-order valence-corrected chi connectivity index (χ0v) is 17.2. The van der Waals surface area contributed by atoms with Gasteiger partial charge in [0.1, 0.15) is 18.1 Å². The van der Waals surface area contributed by atoms with Crippen LogP contribution in [0.5, 0.6) is 11.5 Å². The minimum atomic E-state index is -1.03. The van der Waals surface area contributed by atoms with E-state index < -0.39 is 41.5 Å². The van der Waals surface area contributed by atoms with Crippen LogP contribution in [0, 0.1) is 15.9 Å². The van der Waals surface area contributed by atoms with Gasteiger partial charge in [-0.2, -0.15) is 4.39 Å². The number of hydrogen-bond donors (Lipinski definition) is 1. The van der Waals surface area contributed by atoms with Gasteiger partial charge in [0.05, 0.1) is 4.92 Å². The standard InChI is InChI=1S/C23H19FN2O7/c24-20-11-6-17(12-21(20)26(29)30)25-22(27)14-33-23(28)15-32-19-9-7-18(8-10-19)31-13-16-4-2-1-3-5-16/h1-12H,13-15H2,(H,25,27). The van der Waals surface area contributed by atoms with Crippen molar-refractivity contribution in [1.29, 1.82) is 0 Å². The smallest absolute Gasteiger partial charge is 0.344 e. The zero-order valence-electron chi connectivity index (χ0n) is 17.2. The number of rotatable bonds is 10. The first kappa shape index (κ1) is 23.2. The minimum Gasteiger partial charge on any atom is -0.489 e. The summed E-state index contributed by atoms with van der Waals surface area (Å²) in [4.78, 5) is 33.5. The van der Waals surface area contributed by atoms with Gasteiger partial charge in [-0.3, -0.25) is 14.9 Å². The third-order valence-electron chi connectivity index (χ3n) is 4.22. The lowest BCUT2D eigenvalue weighted by Gasteiger charge is -2.09. The summed E-state index contributed by atoms with van der Waals surface area (Å²) < 4.78 is 29.1. The van der Waals surface area contributed by atoms with Crippen LogP contribution in [0.2, 0.25) is 0 Å². The number of benzene rings is 3. The van der Waals surface area contributed by atoms with Crippen LogP contribution in [-0.4, -0.2) is 30.0 Å². The highest BCUT2D eigenvalue weighted by molar-refractivity contribution is 5.93. The third-order valence-corrected chi connectivity index (χ3v) is 4.22. The quantitative estimate of drug-likeness (QED) is 0.281. The summed E-state index contributed by atoms with van der Waals surface area (Å²) in [5.41, 5.74) is 0.243. The first-order valence-corrected chi connectivity index (χ1v) is 9.70. The fourth-order valence-electron chi connectivity index (χ4n) is 2.63. The molecule has 0 fully saturated rings. The predicted molar refractivity (Wildman–Crippen MR) is 115 cm³/mol. The van der Waals surface area contributed by atoms with E-state index in [0.717, 1.165) is 23.8 Å². The molecule has 3 rings (SSSR count). The van der Waals surface area contributed by atoms with E-state index in [1.807, 2.05) is 30.3 Å². The number of carbonyl (C=O) groups is 2. The van der Waals surface area contributed by atoms with Crippen LogP contribution in [-0.2, 0) is 20.9 Å². The first-order valence-electron chi connectivity index (χ1n) is 9.70. The Morgan fingerprint density at radius 3 is 2.24 bits per heavy atom. The van der Waals surface area contributed by atoms with E-state index >= 15 is 0 Å². The minimum absolute atomic E-state index is 0.00466. The average molecular weight is 454 g/mol. The summed E-state index contributed by atoms with van der Waals surface area (Å²) >= 11 is 0. The number of nitro benzene ring substituents is 1. The number of nitro groups is 1. The summed E-state index contributed by atoms with van der Waals surface area (Å²) in [7, 11) is 0. The molecule has 0 atom stereocenters. The number of nitrogens with one attached hydrogen (secondary N) is 1. The van der Waals surface area contributed by atoms with E-state index in [0.29, 0.717) is 18.1 Å². The molecule has 0 heterocycles. The molecule has 0 saturated heterocycles. The molecule has 0 spiro atoms. The van der Waals surface area contributed by atoms with Gasteiger partial charge in [0, 0.05) is 11.8 Å². The van der Waals surface area contributed by atoms with Gasteiger partial charge in [-0.15, -0.1) is 0 Å². The predicted octanol–water partition coefficient (Wildman–Crippen LogP) is 3.87. The van der Waals surface area contributed by atoms with Crippen LogP contribution in [0.15, 0.2) is 72.8 Å². The monoisotopic (exact) mass is 454 g/mol. The first-order chi connectivity index (χ1) is 15.9. The van der Waals surface area contributed by atoms with Crippen molar-refractivity contribution in [1.82, 2.24) is 0 Å². The Morgan fingerprint density at radius 1 is 0.909 bits per heavy atom. The largest absolute Gasteiger partial charge is 0.489 e. The SMILES string of the molecule is O=C(COC(=O)COc1ccc(OCc2ccccc2)cc1)Nc1ccc(F)c([N+](=O)[O-])c1. The number of halogens is 1. The van der Waals surface area contributed by atoms with Crippen molar-refractivity contribution in [2.24, 2.45) is 0 Å². The molecule has 0 bridgehead atoms. The highest BCUT2D eigenvalue weighted by Gasteiger charge is 2.16. The van der Waals surface area contributed by atoms with E-state index in [1.54, 1.807) is 24.3 Å². The summed E-state index contributed by atoms with van der Waals surface area (Å²) in [5, 5.41) is 13.0. The molecule has 0 aromatic heterocycles. The lowest BCUT2D eigenvalue weighted by molar-refractivity contribution is -0.387. The number of amides is 1. The number of anilines is 1. The number of carbonyl (C=O) groups excluding carboxylic acids is 2. The molecule has 0 aliphatic heterocycles. The number of nitrogens with zero attached hydrogens (tertiary/aromatic N) is 1. The summed E-state index contributed by atoms with van der Waals surface area (Å²) in [5.74, 6) is -1.53. The molecular formula is C23H19FN2O7. The maximum atomic E-state index is 13.3. The highest BCUT2D eigenvalue weighted by atomic mass is 19.1. The molecule has 1 amide bonds. The van der Waals surface area contributed by atoms with Crippen LogP contribution in [0.3, 0.4) is 0 Å². The van der Waals surface area contributed by atoms with E-state index in [4.69, 9.17) is 14.2 Å². The van der Waals surface area contributed by atoms with Crippen molar-refractivity contribution >= 4 is 23.3 Å². The number of esters is 1. The van der Waals surface area contributed by atoms with Crippen LogP contribution in [0.4, 0.5) is 15.8 Å². The molecule has 170 valence electrons. The molecular weight excluding hydrogens is 435 g/mol. The van der Waals surface area contributed by atoms with Crippen LogP contribution < -0.4 is 14.8 Å². The third kappa shape index (κ3) is 7.31. The molecule has 0 radical (unpaired) electrons. The van der Waals surface area contributed by atoms with Gasteiger partial charge in [0.25, 0.3) is 5.91 Å². The molecule has 0 saturated carbocycles. The Kier molecular flexibility index (Phi) is 7.90. The van der Waals surface area contributed by atoms with Crippen molar-refractivity contribution < 1.29 is 33.1 Å². The maximum Gasteiger partial charge on any atom is 0.344 e. The second kappa shape index (κ2) is 11.2. The Morgan fingerprint density at radius 2 is 1.58 bits per heavy atom. The topological polar surface area (TPSA) is 117 Å². The van der Waals surface area contributed by atoms with Gasteiger partial charge in [0.2, 0.25) is 5.82 Å². The van der Waals surface area contributed by atoms with Gasteiger partial charge >= 0.3 is 11.7 Å². The average Bonchev–Trinajstić information content (AvgIpc) is 2.82. The summed E-state index contributed by atoms with van der Waals surface area (Å²) in [6.45, 7) is -0.653.